The quantitative estimate of drug-likeness (QED) is 0.205. The lowest BCUT2D eigenvalue weighted by Crippen LogP contribution is -2.14. The molecule has 0 unspecified atom stereocenters. The van der Waals surface area contributed by atoms with E-state index in [1.54, 1.807) is 0 Å². The number of nitrogens with zero attached hydrogens (tertiary/aromatic N) is 3. The predicted molar refractivity (Wildman–Crippen MR) is 162 cm³/mol. The summed E-state index contributed by atoms with van der Waals surface area (Å²) in [4.78, 5) is 5.30. The Morgan fingerprint density at radius 3 is 2.00 bits per heavy atom. The van der Waals surface area contributed by atoms with Crippen molar-refractivity contribution in [3.05, 3.63) is 114 Å². The lowest BCUT2D eigenvalue weighted by atomic mass is 9.82. The Labute approximate surface area is 223 Å². The van der Waals surface area contributed by atoms with Crippen molar-refractivity contribution < 1.29 is 0 Å². The van der Waals surface area contributed by atoms with Crippen LogP contribution in [0.15, 0.2) is 103 Å². The third-order valence-electron chi connectivity index (χ3n) is 9.37. The summed E-state index contributed by atoms with van der Waals surface area (Å²) < 4.78 is 4.82. The van der Waals surface area contributed by atoms with E-state index in [0.29, 0.717) is 0 Å². The molecule has 10 rings (SSSR count). The van der Waals surface area contributed by atoms with Crippen molar-refractivity contribution in [2.45, 2.75) is 19.3 Å². The van der Waals surface area contributed by atoms with Gasteiger partial charge < -0.3 is 0 Å². The van der Waals surface area contributed by atoms with Crippen molar-refractivity contribution in [1.82, 2.24) is 13.8 Å². The van der Waals surface area contributed by atoms with Gasteiger partial charge in [-0.2, -0.15) is 0 Å². The Kier molecular flexibility index (Phi) is 3.30. The molecule has 0 saturated carbocycles. The molecule has 0 amide bonds. The van der Waals surface area contributed by atoms with Gasteiger partial charge in [-0.1, -0.05) is 86.6 Å². The lowest BCUT2D eigenvalue weighted by molar-refractivity contribution is 0.661. The van der Waals surface area contributed by atoms with Crippen LogP contribution >= 0.6 is 0 Å². The lowest BCUT2D eigenvalue weighted by Gasteiger charge is -2.21. The summed E-state index contributed by atoms with van der Waals surface area (Å²) in [6, 6.07) is 38.0. The Hall–Kier alpha value is -4.89. The molecule has 3 nitrogen and oxygen atoms in total. The highest BCUT2D eigenvalue weighted by Crippen LogP contribution is 2.54. The van der Waals surface area contributed by atoms with E-state index >= 15 is 0 Å². The van der Waals surface area contributed by atoms with Crippen LogP contribution in [-0.4, -0.2) is 13.8 Å². The first kappa shape index (κ1) is 20.1. The van der Waals surface area contributed by atoms with E-state index in [9.17, 15) is 0 Å². The molecule has 0 saturated heterocycles. The summed E-state index contributed by atoms with van der Waals surface area (Å²) in [6.07, 6.45) is 0. The van der Waals surface area contributed by atoms with Crippen LogP contribution < -0.4 is 0 Å². The molecule has 0 atom stereocenters. The van der Waals surface area contributed by atoms with Crippen LogP contribution in [0.25, 0.3) is 76.8 Å². The standard InChI is InChI=1S/C36H23N3/c1-36(2)26-14-8-7-13-24(26)32-27(36)19-31-34-33(32)25-15-20-9-3-5-11-22(20)17-29(25)39(34)35-37-28-16-21-10-4-6-12-23(21)18-30(28)38(31)35/h3-19H,1-2H3. The van der Waals surface area contributed by atoms with Gasteiger partial charge >= 0.3 is 0 Å². The van der Waals surface area contributed by atoms with E-state index < -0.39 is 0 Å². The van der Waals surface area contributed by atoms with Crippen LogP contribution in [0.3, 0.4) is 0 Å². The van der Waals surface area contributed by atoms with Crippen molar-refractivity contribution in [3.8, 4) is 11.1 Å². The normalized spacial score (nSPS) is 14.6. The SMILES string of the molecule is CC1(C)c2ccccc2-c2c1cc1c3c2c2cc4ccccc4cc2n3c2nc3cc4ccccc4cc3n12. The molecule has 0 aliphatic heterocycles. The highest BCUT2D eigenvalue weighted by Gasteiger charge is 2.39. The second kappa shape index (κ2) is 6.39. The molecule has 0 N–H and O–H groups in total. The van der Waals surface area contributed by atoms with Gasteiger partial charge in [0.2, 0.25) is 5.78 Å². The third kappa shape index (κ3) is 2.22. The minimum atomic E-state index is -0.0896. The van der Waals surface area contributed by atoms with Crippen molar-refractivity contribution in [2.75, 3.05) is 0 Å². The maximum atomic E-state index is 5.30. The van der Waals surface area contributed by atoms with Gasteiger partial charge in [0.1, 0.15) is 0 Å². The van der Waals surface area contributed by atoms with Gasteiger partial charge in [0.15, 0.2) is 0 Å². The molecule has 3 aromatic heterocycles. The highest BCUT2D eigenvalue weighted by atomic mass is 15.2. The van der Waals surface area contributed by atoms with E-state index in [1.165, 1.54) is 71.1 Å². The van der Waals surface area contributed by atoms with Crippen molar-refractivity contribution in [3.63, 3.8) is 0 Å². The zero-order chi connectivity index (χ0) is 25.6. The number of hydrogen-bond acceptors (Lipinski definition) is 1. The number of fused-ring (bicyclic) bond motifs is 14. The van der Waals surface area contributed by atoms with Gasteiger partial charge in [0.25, 0.3) is 0 Å². The molecule has 9 aromatic rings. The molecule has 3 heterocycles. The zero-order valence-corrected chi connectivity index (χ0v) is 21.7. The Morgan fingerprint density at radius 2 is 1.23 bits per heavy atom. The maximum Gasteiger partial charge on any atom is 0.220 e. The number of hydrogen-bond donors (Lipinski definition) is 0. The van der Waals surface area contributed by atoms with E-state index in [0.717, 1.165) is 16.8 Å². The number of imidazole rings is 2. The monoisotopic (exact) mass is 497 g/mol. The van der Waals surface area contributed by atoms with Crippen LogP contribution in [-0.2, 0) is 5.41 Å². The van der Waals surface area contributed by atoms with Gasteiger partial charge in [-0.05, 0) is 74.1 Å². The minimum Gasteiger partial charge on any atom is -0.277 e. The minimum absolute atomic E-state index is 0.0896. The number of rotatable bonds is 0. The second-order valence-corrected chi connectivity index (χ2v) is 11.7. The molecule has 6 aromatic carbocycles. The van der Waals surface area contributed by atoms with Crippen LogP contribution in [0, 0.1) is 0 Å². The second-order valence-electron chi connectivity index (χ2n) is 11.7. The Balaban J connectivity index is 1.53. The number of benzene rings is 6. The predicted octanol–water partition coefficient (Wildman–Crippen LogP) is 9.10. The molecule has 39 heavy (non-hydrogen) atoms. The highest BCUT2D eigenvalue weighted by molar-refractivity contribution is 6.25. The molecule has 0 fully saturated rings. The fourth-order valence-electron chi connectivity index (χ4n) is 7.56. The summed E-state index contributed by atoms with van der Waals surface area (Å²) in [5.41, 5.74) is 11.4. The van der Waals surface area contributed by atoms with Gasteiger partial charge in [0.05, 0.1) is 27.6 Å². The van der Waals surface area contributed by atoms with Gasteiger partial charge in [-0.15, -0.1) is 0 Å². The smallest absolute Gasteiger partial charge is 0.220 e. The van der Waals surface area contributed by atoms with Crippen LogP contribution in [0.1, 0.15) is 25.0 Å². The van der Waals surface area contributed by atoms with E-state index in [4.69, 9.17) is 4.98 Å². The average Bonchev–Trinajstić information content (AvgIpc) is 3.64. The van der Waals surface area contributed by atoms with E-state index in [-0.39, 0.29) is 5.41 Å². The molecule has 0 bridgehead atoms. The molecule has 3 heteroatoms. The maximum absolute atomic E-state index is 5.30. The van der Waals surface area contributed by atoms with E-state index in [1.807, 2.05) is 0 Å². The topological polar surface area (TPSA) is 21.7 Å². The summed E-state index contributed by atoms with van der Waals surface area (Å²) in [5.74, 6) is 0.986. The van der Waals surface area contributed by atoms with E-state index in [2.05, 4.69) is 126 Å². The molecule has 182 valence electrons. The van der Waals surface area contributed by atoms with Gasteiger partial charge in [-0.3, -0.25) is 8.80 Å². The fraction of sp³-hybridized carbons (Fsp3) is 0.0833. The summed E-state index contributed by atoms with van der Waals surface area (Å²) in [5, 5.41) is 7.64. The fourth-order valence-corrected chi connectivity index (χ4v) is 7.56. The Bertz CT molecular complexity index is 2520. The van der Waals surface area contributed by atoms with Gasteiger partial charge in [-0.25, -0.2) is 4.98 Å². The molecule has 1 aliphatic rings. The van der Waals surface area contributed by atoms with Crippen molar-refractivity contribution in [2.24, 2.45) is 0 Å². The number of aromatic nitrogens is 3. The van der Waals surface area contributed by atoms with Crippen LogP contribution in [0.5, 0.6) is 0 Å². The first-order chi connectivity index (χ1) is 19.1. The third-order valence-corrected chi connectivity index (χ3v) is 9.37. The summed E-state index contributed by atoms with van der Waals surface area (Å²) in [7, 11) is 0. The molecule has 0 spiro atoms. The first-order valence-corrected chi connectivity index (χ1v) is 13.7. The molecule has 1 aliphatic carbocycles. The largest absolute Gasteiger partial charge is 0.277 e. The van der Waals surface area contributed by atoms with Crippen LogP contribution in [0.4, 0.5) is 0 Å². The van der Waals surface area contributed by atoms with Gasteiger partial charge in [0, 0.05) is 16.2 Å². The van der Waals surface area contributed by atoms with Crippen molar-refractivity contribution >= 4 is 65.7 Å². The Morgan fingerprint density at radius 1 is 0.590 bits per heavy atom. The summed E-state index contributed by atoms with van der Waals surface area (Å²) >= 11 is 0. The summed E-state index contributed by atoms with van der Waals surface area (Å²) in [6.45, 7) is 4.75. The molecular formula is C36H23N3. The first-order valence-electron chi connectivity index (χ1n) is 13.7. The van der Waals surface area contributed by atoms with Crippen molar-refractivity contribution in [1.29, 1.82) is 0 Å². The zero-order valence-electron chi connectivity index (χ0n) is 21.7. The molecular weight excluding hydrogens is 474 g/mol. The van der Waals surface area contributed by atoms with Crippen LogP contribution in [0.2, 0.25) is 0 Å². The average molecular weight is 498 g/mol. The molecule has 0 radical (unpaired) electrons.